The maximum atomic E-state index is 12.3. The molecule has 0 spiro atoms. The molecule has 3 N–H and O–H groups in total. The second-order valence-corrected chi connectivity index (χ2v) is 5.01. The molecular weight excluding hydrogens is 280 g/mol. The van der Waals surface area contributed by atoms with E-state index in [9.17, 15) is 18.7 Å². The standard InChI is InChI=1S/C15H21F2NO3/c1-3-7-15(8-4-2,13(19)20)11-9-10(21-14(16)17)5-6-12(11)18/h5-6,9,14H,3-4,7-8,18H2,1-2H3,(H,19,20). The first-order valence-electron chi connectivity index (χ1n) is 6.95. The third kappa shape index (κ3) is 3.83. The number of rotatable bonds is 8. The maximum Gasteiger partial charge on any atom is 0.387 e. The fourth-order valence-corrected chi connectivity index (χ4v) is 2.70. The Bertz CT molecular complexity index is 486. The molecule has 0 atom stereocenters. The van der Waals surface area contributed by atoms with E-state index < -0.39 is 18.0 Å². The monoisotopic (exact) mass is 301 g/mol. The average molecular weight is 301 g/mol. The summed E-state index contributed by atoms with van der Waals surface area (Å²) in [5, 5.41) is 9.69. The van der Waals surface area contributed by atoms with Crippen LogP contribution < -0.4 is 10.5 Å². The number of alkyl halides is 2. The van der Waals surface area contributed by atoms with Gasteiger partial charge in [-0.1, -0.05) is 26.7 Å². The van der Waals surface area contributed by atoms with E-state index in [1.54, 1.807) is 0 Å². The quantitative estimate of drug-likeness (QED) is 0.716. The van der Waals surface area contributed by atoms with Crippen LogP contribution in [0.2, 0.25) is 0 Å². The van der Waals surface area contributed by atoms with E-state index in [1.807, 2.05) is 13.8 Å². The molecule has 21 heavy (non-hydrogen) atoms. The van der Waals surface area contributed by atoms with Crippen molar-refractivity contribution in [3.63, 3.8) is 0 Å². The van der Waals surface area contributed by atoms with Crippen LogP contribution in [0.5, 0.6) is 5.75 Å². The Kier molecular flexibility index (Phi) is 5.93. The van der Waals surface area contributed by atoms with E-state index in [4.69, 9.17) is 5.73 Å². The van der Waals surface area contributed by atoms with Crippen molar-refractivity contribution in [2.45, 2.75) is 51.6 Å². The number of carbonyl (C=O) groups is 1. The molecule has 0 heterocycles. The Labute approximate surface area is 122 Å². The number of ether oxygens (including phenoxy) is 1. The second kappa shape index (κ2) is 7.24. The van der Waals surface area contributed by atoms with Crippen molar-refractivity contribution in [1.29, 1.82) is 0 Å². The summed E-state index contributed by atoms with van der Waals surface area (Å²) < 4.78 is 29.0. The lowest BCUT2D eigenvalue weighted by Gasteiger charge is -2.31. The lowest BCUT2D eigenvalue weighted by atomic mass is 9.72. The van der Waals surface area contributed by atoms with Crippen LogP contribution in [0.4, 0.5) is 14.5 Å². The fraction of sp³-hybridized carbons (Fsp3) is 0.533. The van der Waals surface area contributed by atoms with Crippen LogP contribution in [0.3, 0.4) is 0 Å². The highest BCUT2D eigenvalue weighted by Crippen LogP contribution is 2.39. The number of benzene rings is 1. The van der Waals surface area contributed by atoms with Crippen molar-refractivity contribution in [2.24, 2.45) is 0 Å². The molecule has 6 heteroatoms. The number of hydrogen-bond acceptors (Lipinski definition) is 3. The van der Waals surface area contributed by atoms with E-state index in [0.29, 0.717) is 31.2 Å². The highest BCUT2D eigenvalue weighted by molar-refractivity contribution is 5.84. The first-order valence-corrected chi connectivity index (χ1v) is 6.95. The smallest absolute Gasteiger partial charge is 0.387 e. The van der Waals surface area contributed by atoms with Crippen molar-refractivity contribution in [2.75, 3.05) is 5.73 Å². The van der Waals surface area contributed by atoms with E-state index in [0.717, 1.165) is 0 Å². The van der Waals surface area contributed by atoms with E-state index >= 15 is 0 Å². The van der Waals surface area contributed by atoms with Crippen molar-refractivity contribution < 1.29 is 23.4 Å². The zero-order chi connectivity index (χ0) is 16.0. The van der Waals surface area contributed by atoms with Crippen LogP contribution in [0.25, 0.3) is 0 Å². The molecule has 0 bridgehead atoms. The van der Waals surface area contributed by atoms with E-state index in [-0.39, 0.29) is 11.4 Å². The van der Waals surface area contributed by atoms with Crippen molar-refractivity contribution >= 4 is 11.7 Å². The normalized spacial score (nSPS) is 11.7. The fourth-order valence-electron chi connectivity index (χ4n) is 2.70. The molecule has 0 aliphatic heterocycles. The lowest BCUT2D eigenvalue weighted by Crippen LogP contribution is -2.36. The van der Waals surface area contributed by atoms with Gasteiger partial charge in [0.25, 0.3) is 0 Å². The number of nitrogens with two attached hydrogens (primary N) is 1. The molecule has 1 aromatic rings. The second-order valence-electron chi connectivity index (χ2n) is 5.01. The van der Waals surface area contributed by atoms with Gasteiger partial charge in [-0.2, -0.15) is 8.78 Å². The van der Waals surface area contributed by atoms with E-state index in [2.05, 4.69) is 4.74 Å². The van der Waals surface area contributed by atoms with Crippen LogP contribution in [0.1, 0.15) is 45.1 Å². The number of aliphatic carboxylic acids is 1. The first-order chi connectivity index (χ1) is 9.87. The Morgan fingerprint density at radius 2 is 1.90 bits per heavy atom. The van der Waals surface area contributed by atoms with Crippen LogP contribution >= 0.6 is 0 Å². The number of carboxylic acids is 1. The number of carboxylic acid groups (broad SMARTS) is 1. The van der Waals surface area contributed by atoms with Gasteiger partial charge in [0.05, 0.1) is 5.41 Å². The summed E-state index contributed by atoms with van der Waals surface area (Å²) in [5.41, 5.74) is 5.35. The minimum Gasteiger partial charge on any atom is -0.481 e. The van der Waals surface area contributed by atoms with Gasteiger partial charge in [0.15, 0.2) is 0 Å². The van der Waals surface area contributed by atoms with Gasteiger partial charge < -0.3 is 15.6 Å². The predicted octanol–water partition coefficient (Wildman–Crippen LogP) is 3.79. The van der Waals surface area contributed by atoms with E-state index in [1.165, 1.54) is 18.2 Å². The largest absolute Gasteiger partial charge is 0.481 e. The van der Waals surface area contributed by atoms with Gasteiger partial charge >= 0.3 is 12.6 Å². The molecule has 1 aromatic carbocycles. The minimum atomic E-state index is -2.96. The molecule has 0 saturated heterocycles. The lowest BCUT2D eigenvalue weighted by molar-refractivity contribution is -0.144. The number of hydrogen-bond donors (Lipinski definition) is 2. The van der Waals surface area contributed by atoms with Crippen molar-refractivity contribution in [3.8, 4) is 5.75 Å². The molecule has 0 fully saturated rings. The summed E-state index contributed by atoms with van der Waals surface area (Å²) >= 11 is 0. The van der Waals surface area contributed by atoms with Gasteiger partial charge in [0.1, 0.15) is 5.75 Å². The molecular formula is C15H21F2NO3. The molecule has 0 aliphatic rings. The van der Waals surface area contributed by atoms with Crippen LogP contribution in [-0.4, -0.2) is 17.7 Å². The third-order valence-corrected chi connectivity index (χ3v) is 3.53. The minimum absolute atomic E-state index is 0.0768. The molecule has 0 radical (unpaired) electrons. The SMILES string of the molecule is CCCC(CCC)(C(=O)O)c1cc(OC(F)F)ccc1N. The molecule has 118 valence electrons. The van der Waals surface area contributed by atoms with Crippen LogP contribution in [0.15, 0.2) is 18.2 Å². The summed E-state index contributed by atoms with van der Waals surface area (Å²) in [7, 11) is 0. The number of halogens is 2. The zero-order valence-electron chi connectivity index (χ0n) is 12.2. The van der Waals surface area contributed by atoms with Gasteiger partial charge in [0.2, 0.25) is 0 Å². The number of nitrogen functional groups attached to an aromatic ring is 1. The van der Waals surface area contributed by atoms with Gasteiger partial charge in [-0.25, -0.2) is 0 Å². The summed E-state index contributed by atoms with van der Waals surface area (Å²) in [5.74, 6) is -1.07. The average Bonchev–Trinajstić information content (AvgIpc) is 2.40. The Morgan fingerprint density at radius 1 is 1.33 bits per heavy atom. The summed E-state index contributed by atoms with van der Waals surface area (Å²) in [6, 6.07) is 4.05. The molecule has 4 nitrogen and oxygen atoms in total. The summed E-state index contributed by atoms with van der Waals surface area (Å²) in [6.07, 6.45) is 2.06. The number of anilines is 1. The van der Waals surface area contributed by atoms with Gasteiger partial charge in [-0.3, -0.25) is 4.79 Å². The maximum absolute atomic E-state index is 12.3. The van der Waals surface area contributed by atoms with Crippen molar-refractivity contribution in [1.82, 2.24) is 0 Å². The van der Waals surface area contributed by atoms with Gasteiger partial charge in [-0.15, -0.1) is 0 Å². The molecule has 1 rings (SSSR count). The van der Waals surface area contributed by atoms with Crippen LogP contribution in [0, 0.1) is 0 Å². The van der Waals surface area contributed by atoms with Gasteiger partial charge in [-0.05, 0) is 36.6 Å². The molecule has 0 aliphatic carbocycles. The highest BCUT2D eigenvalue weighted by atomic mass is 19.3. The molecule has 0 saturated carbocycles. The molecule has 0 unspecified atom stereocenters. The third-order valence-electron chi connectivity index (χ3n) is 3.53. The summed E-state index contributed by atoms with van der Waals surface area (Å²) in [4.78, 5) is 11.8. The Hall–Kier alpha value is -1.85. The Morgan fingerprint density at radius 3 is 2.33 bits per heavy atom. The Balaban J connectivity index is 3.37. The molecule has 0 aromatic heterocycles. The van der Waals surface area contributed by atoms with Crippen molar-refractivity contribution in [3.05, 3.63) is 23.8 Å². The zero-order valence-corrected chi connectivity index (χ0v) is 12.2. The predicted molar refractivity (Wildman–Crippen MR) is 76.6 cm³/mol. The first kappa shape index (κ1) is 17.2. The topological polar surface area (TPSA) is 72.5 Å². The van der Waals surface area contributed by atoms with Gasteiger partial charge in [0, 0.05) is 5.69 Å². The highest BCUT2D eigenvalue weighted by Gasteiger charge is 2.40. The van der Waals surface area contributed by atoms with Crippen LogP contribution in [-0.2, 0) is 10.2 Å². The molecule has 0 amide bonds. The summed E-state index contributed by atoms with van der Waals surface area (Å²) in [6.45, 7) is 0.796.